The average molecular weight is 547 g/mol. The van der Waals surface area contributed by atoms with E-state index in [-0.39, 0.29) is 23.3 Å². The summed E-state index contributed by atoms with van der Waals surface area (Å²) in [6.07, 6.45) is 2.16. The number of hydrogen-bond acceptors (Lipinski definition) is 5. The van der Waals surface area contributed by atoms with E-state index in [0.29, 0.717) is 44.0 Å². The summed E-state index contributed by atoms with van der Waals surface area (Å²) in [5.74, 6) is 0.0842. The van der Waals surface area contributed by atoms with Crippen molar-refractivity contribution in [3.63, 3.8) is 0 Å². The highest BCUT2D eigenvalue weighted by Gasteiger charge is 2.28. The molecule has 0 N–H and O–H groups in total. The van der Waals surface area contributed by atoms with Crippen LogP contribution in [0.3, 0.4) is 0 Å². The van der Waals surface area contributed by atoms with Crippen LogP contribution in [0.4, 0.5) is 5.69 Å². The van der Waals surface area contributed by atoms with Crippen LogP contribution in [0.25, 0.3) is 0 Å². The number of benzene rings is 3. The van der Waals surface area contributed by atoms with Gasteiger partial charge in [-0.25, -0.2) is 8.42 Å². The van der Waals surface area contributed by atoms with E-state index in [4.69, 9.17) is 0 Å². The molecule has 5 rings (SSSR count). The number of carbonyl (C=O) groups is 2. The molecule has 9 heteroatoms. The highest BCUT2D eigenvalue weighted by molar-refractivity contribution is 7.92. The molecule has 0 aliphatic carbocycles. The average Bonchev–Trinajstić information content (AvgIpc) is 3.53. The van der Waals surface area contributed by atoms with Gasteiger partial charge in [0.25, 0.3) is 15.9 Å². The predicted molar refractivity (Wildman–Crippen MR) is 151 cm³/mol. The highest BCUT2D eigenvalue weighted by Crippen LogP contribution is 2.27. The largest absolute Gasteiger partial charge is 0.342 e. The van der Waals surface area contributed by atoms with Crippen molar-refractivity contribution in [3.8, 4) is 0 Å². The molecule has 39 heavy (non-hydrogen) atoms. The van der Waals surface area contributed by atoms with Gasteiger partial charge in [0.05, 0.1) is 23.7 Å². The molecule has 2 heterocycles. The molecule has 2 aliphatic heterocycles. The smallest absolute Gasteiger partial charge is 0.264 e. The molecule has 2 amide bonds. The van der Waals surface area contributed by atoms with Gasteiger partial charge in [0.2, 0.25) is 5.91 Å². The Labute approximate surface area is 230 Å². The van der Waals surface area contributed by atoms with Gasteiger partial charge in [-0.15, -0.1) is 0 Å². The van der Waals surface area contributed by atoms with Gasteiger partial charge in [0, 0.05) is 44.8 Å². The summed E-state index contributed by atoms with van der Waals surface area (Å²) in [4.78, 5) is 31.8. The highest BCUT2D eigenvalue weighted by atomic mass is 32.2. The quantitative estimate of drug-likeness (QED) is 0.432. The lowest BCUT2D eigenvalue weighted by Crippen LogP contribution is -2.51. The Hall–Kier alpha value is -3.69. The molecule has 3 aromatic carbocycles. The van der Waals surface area contributed by atoms with Crippen LogP contribution in [-0.2, 0) is 21.4 Å². The molecule has 0 saturated carbocycles. The minimum absolute atomic E-state index is 0.0902. The summed E-state index contributed by atoms with van der Waals surface area (Å²) >= 11 is 0. The number of likely N-dealkylation sites (tertiary alicyclic amines) is 1. The molecule has 0 unspecified atom stereocenters. The van der Waals surface area contributed by atoms with Crippen LogP contribution in [0.2, 0.25) is 0 Å². The van der Waals surface area contributed by atoms with Gasteiger partial charge in [-0.05, 0) is 54.8 Å². The van der Waals surface area contributed by atoms with Crippen molar-refractivity contribution < 1.29 is 18.0 Å². The molecular formula is C30H34N4O4S. The van der Waals surface area contributed by atoms with E-state index in [1.54, 1.807) is 59.5 Å². The summed E-state index contributed by atoms with van der Waals surface area (Å²) in [6, 6.07) is 24.6. The number of anilines is 1. The van der Waals surface area contributed by atoms with E-state index in [1.807, 2.05) is 35.2 Å². The van der Waals surface area contributed by atoms with Crippen LogP contribution in [0.5, 0.6) is 0 Å². The van der Waals surface area contributed by atoms with Crippen molar-refractivity contribution in [1.29, 1.82) is 0 Å². The van der Waals surface area contributed by atoms with Crippen molar-refractivity contribution in [2.75, 3.05) is 50.1 Å². The maximum Gasteiger partial charge on any atom is 0.264 e. The lowest BCUT2D eigenvalue weighted by molar-refractivity contribution is -0.131. The van der Waals surface area contributed by atoms with Gasteiger partial charge < -0.3 is 9.80 Å². The van der Waals surface area contributed by atoms with Gasteiger partial charge >= 0.3 is 0 Å². The Morgan fingerprint density at radius 3 is 1.90 bits per heavy atom. The van der Waals surface area contributed by atoms with E-state index in [1.165, 1.54) is 4.31 Å². The number of carbonyl (C=O) groups excluding carboxylic acids is 2. The Morgan fingerprint density at radius 2 is 1.28 bits per heavy atom. The van der Waals surface area contributed by atoms with E-state index >= 15 is 0 Å². The molecule has 2 fully saturated rings. The fourth-order valence-corrected chi connectivity index (χ4v) is 6.58. The van der Waals surface area contributed by atoms with Gasteiger partial charge in [-0.2, -0.15) is 0 Å². The fourth-order valence-electron chi connectivity index (χ4n) is 5.10. The Bertz CT molecular complexity index is 1370. The van der Waals surface area contributed by atoms with Crippen LogP contribution in [0.1, 0.15) is 28.8 Å². The second kappa shape index (κ2) is 12.0. The molecule has 0 radical (unpaired) electrons. The summed E-state index contributed by atoms with van der Waals surface area (Å²) in [7, 11) is -3.83. The second-order valence-corrected chi connectivity index (χ2v) is 11.9. The summed E-state index contributed by atoms with van der Waals surface area (Å²) < 4.78 is 28.6. The van der Waals surface area contributed by atoms with Gasteiger partial charge in [-0.3, -0.25) is 18.8 Å². The molecule has 0 bridgehead atoms. The van der Waals surface area contributed by atoms with Crippen LogP contribution in [0, 0.1) is 0 Å². The first-order valence-corrected chi connectivity index (χ1v) is 14.9. The molecular weight excluding hydrogens is 512 g/mol. The van der Waals surface area contributed by atoms with Crippen LogP contribution in [-0.4, -0.2) is 80.7 Å². The number of hydrogen-bond donors (Lipinski definition) is 0. The third-order valence-corrected chi connectivity index (χ3v) is 9.17. The molecule has 0 aromatic heterocycles. The topological polar surface area (TPSA) is 81.2 Å². The standard InChI is InChI=1S/C30H34N4O4S/c35-29(32-17-7-8-18-32)24-31-19-21-33(22-20-31)30(36)26-13-15-27(16-14-26)34(23-25-9-3-1-4-10-25)39(37,38)28-11-5-2-6-12-28/h1-6,9-16H,7-8,17-24H2. The van der Waals surface area contributed by atoms with E-state index in [0.717, 1.165) is 31.5 Å². The Morgan fingerprint density at radius 1 is 0.692 bits per heavy atom. The number of piperazine rings is 1. The number of nitrogens with zero attached hydrogens (tertiary/aromatic N) is 4. The zero-order valence-electron chi connectivity index (χ0n) is 22.0. The van der Waals surface area contributed by atoms with E-state index in [2.05, 4.69) is 4.90 Å². The predicted octanol–water partition coefficient (Wildman–Crippen LogP) is 3.46. The monoisotopic (exact) mass is 546 g/mol. The lowest BCUT2D eigenvalue weighted by atomic mass is 10.1. The molecule has 2 aliphatic rings. The molecule has 204 valence electrons. The number of rotatable bonds is 8. The molecule has 2 saturated heterocycles. The zero-order valence-corrected chi connectivity index (χ0v) is 22.8. The third kappa shape index (κ3) is 6.32. The lowest BCUT2D eigenvalue weighted by Gasteiger charge is -2.35. The minimum atomic E-state index is -3.83. The first-order valence-electron chi connectivity index (χ1n) is 13.4. The first-order chi connectivity index (χ1) is 18.9. The molecule has 0 spiro atoms. The van der Waals surface area contributed by atoms with Crippen molar-refractivity contribution in [2.24, 2.45) is 0 Å². The van der Waals surface area contributed by atoms with Crippen molar-refractivity contribution in [3.05, 3.63) is 96.1 Å². The SMILES string of the molecule is O=C(CN1CCN(C(=O)c2ccc(N(Cc3ccccc3)S(=O)(=O)c3ccccc3)cc2)CC1)N1CCCC1. The van der Waals surface area contributed by atoms with E-state index < -0.39 is 10.0 Å². The maximum absolute atomic E-state index is 13.6. The molecule has 0 atom stereocenters. The minimum Gasteiger partial charge on any atom is -0.342 e. The summed E-state index contributed by atoms with van der Waals surface area (Å²) in [5, 5.41) is 0. The maximum atomic E-state index is 13.6. The summed E-state index contributed by atoms with van der Waals surface area (Å²) in [5.41, 5.74) is 1.86. The third-order valence-electron chi connectivity index (χ3n) is 7.38. The second-order valence-electron chi connectivity index (χ2n) is 10.0. The van der Waals surface area contributed by atoms with Gasteiger partial charge in [-0.1, -0.05) is 48.5 Å². The molecule has 8 nitrogen and oxygen atoms in total. The van der Waals surface area contributed by atoms with Crippen LogP contribution in [0.15, 0.2) is 89.8 Å². The zero-order chi connectivity index (χ0) is 27.2. The first kappa shape index (κ1) is 26.9. The van der Waals surface area contributed by atoms with Crippen LogP contribution >= 0.6 is 0 Å². The summed E-state index contributed by atoms with van der Waals surface area (Å²) in [6.45, 7) is 4.69. The molecule has 3 aromatic rings. The number of sulfonamides is 1. The van der Waals surface area contributed by atoms with E-state index in [9.17, 15) is 18.0 Å². The number of amides is 2. The van der Waals surface area contributed by atoms with Crippen LogP contribution < -0.4 is 4.31 Å². The van der Waals surface area contributed by atoms with Crippen molar-refractivity contribution >= 4 is 27.5 Å². The van der Waals surface area contributed by atoms with Gasteiger partial charge in [0.15, 0.2) is 0 Å². The normalized spacial score (nSPS) is 16.3. The Balaban J connectivity index is 1.27. The van der Waals surface area contributed by atoms with Crippen molar-refractivity contribution in [1.82, 2.24) is 14.7 Å². The van der Waals surface area contributed by atoms with Gasteiger partial charge in [0.1, 0.15) is 0 Å². The van der Waals surface area contributed by atoms with Crippen molar-refractivity contribution in [2.45, 2.75) is 24.3 Å². The fraction of sp³-hybridized carbons (Fsp3) is 0.333. The Kier molecular flexibility index (Phi) is 8.28.